The molecule has 2 aromatic rings. The number of carbonyl (C=O) groups excluding carboxylic acids is 3. The third kappa shape index (κ3) is 6.34. The van der Waals surface area contributed by atoms with Gasteiger partial charge in [-0.3, -0.25) is 14.4 Å². The quantitative estimate of drug-likeness (QED) is 0.397. The zero-order valence-corrected chi connectivity index (χ0v) is 20.3. The van der Waals surface area contributed by atoms with Gasteiger partial charge in [-0.25, -0.2) is 8.42 Å². The Morgan fingerprint density at radius 1 is 0.941 bits per heavy atom. The highest BCUT2D eigenvalue weighted by Crippen LogP contribution is 2.22. The lowest BCUT2D eigenvalue weighted by atomic mass is 9.86. The monoisotopic (exact) mass is 506 g/mol. The first-order chi connectivity index (χ1) is 16.1. The number of carbonyl (C=O) groups is 3. The van der Waals surface area contributed by atoms with Crippen molar-refractivity contribution in [1.29, 1.82) is 0 Å². The first-order valence-corrected chi connectivity index (χ1v) is 13.0. The van der Waals surface area contributed by atoms with Crippen molar-refractivity contribution >= 4 is 39.2 Å². The van der Waals surface area contributed by atoms with Gasteiger partial charge in [0, 0.05) is 29.9 Å². The average Bonchev–Trinajstić information content (AvgIpc) is 2.82. The topological polar surface area (TPSA) is 133 Å². The summed E-state index contributed by atoms with van der Waals surface area (Å²) < 4.78 is 24.2. The van der Waals surface area contributed by atoms with Gasteiger partial charge in [-0.2, -0.15) is 0 Å². The number of sulfone groups is 1. The molecule has 2 aromatic carbocycles. The molecular formula is C23H27ClN4O5S. The van der Waals surface area contributed by atoms with Gasteiger partial charge in [0.05, 0.1) is 10.5 Å². The third-order valence-electron chi connectivity index (χ3n) is 5.58. The Hall–Kier alpha value is -2.95. The number of halogens is 1. The Morgan fingerprint density at radius 2 is 1.56 bits per heavy atom. The van der Waals surface area contributed by atoms with Crippen molar-refractivity contribution in [3.05, 3.63) is 64.7 Å². The summed E-state index contributed by atoms with van der Waals surface area (Å²) in [6, 6.07) is 12.3. The van der Waals surface area contributed by atoms with Crippen molar-refractivity contribution in [2.75, 3.05) is 32.4 Å². The Labute approximate surface area is 203 Å². The SMILES string of the molecule is CS(=O)(=O)c1ccccc1C(=O)NC1(C(=O)NCCNC(=O)c2ccc(Cl)cc2)CCNCC1. The fraction of sp³-hybridized carbons (Fsp3) is 0.348. The molecule has 1 aliphatic heterocycles. The molecule has 0 saturated carbocycles. The minimum atomic E-state index is -3.63. The van der Waals surface area contributed by atoms with Crippen molar-refractivity contribution in [1.82, 2.24) is 21.3 Å². The molecule has 0 radical (unpaired) electrons. The van der Waals surface area contributed by atoms with E-state index in [0.717, 1.165) is 6.26 Å². The maximum atomic E-state index is 13.1. The van der Waals surface area contributed by atoms with Crippen LogP contribution in [0.5, 0.6) is 0 Å². The summed E-state index contributed by atoms with van der Waals surface area (Å²) in [5.74, 6) is -1.32. The summed E-state index contributed by atoms with van der Waals surface area (Å²) in [7, 11) is -3.63. The molecule has 1 heterocycles. The van der Waals surface area contributed by atoms with E-state index < -0.39 is 21.3 Å². The summed E-state index contributed by atoms with van der Waals surface area (Å²) in [6.45, 7) is 1.36. The number of piperidine rings is 1. The number of rotatable bonds is 8. The number of nitrogens with one attached hydrogen (secondary N) is 4. The van der Waals surface area contributed by atoms with Crippen molar-refractivity contribution in [2.24, 2.45) is 0 Å². The third-order valence-corrected chi connectivity index (χ3v) is 6.99. The molecule has 3 rings (SSSR count). The Balaban J connectivity index is 1.64. The van der Waals surface area contributed by atoms with Gasteiger partial charge in [0.2, 0.25) is 5.91 Å². The minimum absolute atomic E-state index is 0.00839. The lowest BCUT2D eigenvalue weighted by molar-refractivity contribution is -0.128. The first-order valence-electron chi connectivity index (χ1n) is 10.8. The number of hydrogen-bond donors (Lipinski definition) is 4. The summed E-state index contributed by atoms with van der Waals surface area (Å²) in [4.78, 5) is 38.3. The predicted molar refractivity (Wildman–Crippen MR) is 129 cm³/mol. The fourth-order valence-corrected chi connectivity index (χ4v) is 4.76. The van der Waals surface area contributed by atoms with Gasteiger partial charge in [0.15, 0.2) is 9.84 Å². The number of hydrogen-bond acceptors (Lipinski definition) is 6. The highest BCUT2D eigenvalue weighted by molar-refractivity contribution is 7.90. The van der Waals surface area contributed by atoms with Gasteiger partial charge >= 0.3 is 0 Å². The number of amides is 3. The normalized spacial score (nSPS) is 15.2. The summed E-state index contributed by atoms with van der Waals surface area (Å²) >= 11 is 5.83. The predicted octanol–water partition coefficient (Wildman–Crippen LogP) is 1.14. The standard InChI is InChI=1S/C23H27ClN4O5S/c1-34(32,33)19-5-3-2-4-18(19)21(30)28-23(10-12-25-13-11-23)22(31)27-15-14-26-20(29)16-6-8-17(24)9-7-16/h2-9,25H,10-15H2,1H3,(H,26,29)(H,27,31)(H,28,30). The smallest absolute Gasteiger partial charge is 0.253 e. The zero-order valence-electron chi connectivity index (χ0n) is 18.7. The van der Waals surface area contributed by atoms with E-state index in [1.807, 2.05) is 0 Å². The van der Waals surface area contributed by atoms with Gasteiger partial charge < -0.3 is 21.3 Å². The zero-order chi connectivity index (χ0) is 24.8. The number of benzene rings is 2. The van der Waals surface area contributed by atoms with Crippen LogP contribution in [0.4, 0.5) is 0 Å². The van der Waals surface area contributed by atoms with Crippen molar-refractivity contribution in [2.45, 2.75) is 23.3 Å². The Morgan fingerprint density at radius 3 is 2.21 bits per heavy atom. The van der Waals surface area contributed by atoms with Crippen molar-refractivity contribution in [3.63, 3.8) is 0 Å². The van der Waals surface area contributed by atoms with Crippen LogP contribution >= 0.6 is 11.6 Å². The molecule has 0 aliphatic carbocycles. The second-order valence-electron chi connectivity index (χ2n) is 8.07. The van der Waals surface area contributed by atoms with Crippen LogP contribution in [0.1, 0.15) is 33.6 Å². The largest absolute Gasteiger partial charge is 0.352 e. The molecule has 4 N–H and O–H groups in total. The second kappa shape index (κ2) is 11.0. The Kier molecular flexibility index (Phi) is 8.29. The van der Waals surface area contributed by atoms with Gasteiger partial charge in [0.25, 0.3) is 11.8 Å². The van der Waals surface area contributed by atoms with Crippen LogP contribution in [-0.2, 0) is 14.6 Å². The van der Waals surface area contributed by atoms with Crippen LogP contribution < -0.4 is 21.3 Å². The molecular weight excluding hydrogens is 480 g/mol. The molecule has 182 valence electrons. The molecule has 0 bridgehead atoms. The lowest BCUT2D eigenvalue weighted by Gasteiger charge is -2.37. The molecule has 0 unspecified atom stereocenters. The molecule has 0 aromatic heterocycles. The van der Waals surface area contributed by atoms with E-state index in [9.17, 15) is 22.8 Å². The lowest BCUT2D eigenvalue weighted by Crippen LogP contribution is -2.63. The van der Waals surface area contributed by atoms with E-state index in [4.69, 9.17) is 11.6 Å². The van der Waals surface area contributed by atoms with E-state index in [2.05, 4.69) is 21.3 Å². The van der Waals surface area contributed by atoms with Crippen molar-refractivity contribution < 1.29 is 22.8 Å². The van der Waals surface area contributed by atoms with E-state index in [-0.39, 0.29) is 35.4 Å². The highest BCUT2D eigenvalue weighted by Gasteiger charge is 2.41. The average molecular weight is 507 g/mol. The second-order valence-corrected chi connectivity index (χ2v) is 10.5. The first kappa shape index (κ1) is 25.7. The minimum Gasteiger partial charge on any atom is -0.352 e. The van der Waals surface area contributed by atoms with Gasteiger partial charge in [0.1, 0.15) is 5.54 Å². The van der Waals surface area contributed by atoms with Crippen LogP contribution in [0.15, 0.2) is 53.4 Å². The summed E-state index contributed by atoms with van der Waals surface area (Å²) in [5, 5.41) is 12.0. The molecule has 11 heteroatoms. The molecule has 3 amide bonds. The molecule has 1 saturated heterocycles. The maximum Gasteiger partial charge on any atom is 0.253 e. The van der Waals surface area contributed by atoms with Gasteiger partial charge in [-0.05, 0) is 62.3 Å². The van der Waals surface area contributed by atoms with E-state index in [0.29, 0.717) is 36.5 Å². The van der Waals surface area contributed by atoms with E-state index in [1.54, 1.807) is 36.4 Å². The molecule has 1 fully saturated rings. The van der Waals surface area contributed by atoms with Crippen LogP contribution in [0.25, 0.3) is 0 Å². The molecule has 1 aliphatic rings. The maximum absolute atomic E-state index is 13.1. The van der Waals surface area contributed by atoms with E-state index in [1.165, 1.54) is 12.1 Å². The highest BCUT2D eigenvalue weighted by atomic mass is 35.5. The van der Waals surface area contributed by atoms with E-state index >= 15 is 0 Å². The van der Waals surface area contributed by atoms with Crippen LogP contribution in [0.3, 0.4) is 0 Å². The summed E-state index contributed by atoms with van der Waals surface area (Å²) in [6.07, 6.45) is 1.70. The molecule has 34 heavy (non-hydrogen) atoms. The fourth-order valence-electron chi connectivity index (χ4n) is 3.75. The molecule has 0 atom stereocenters. The van der Waals surface area contributed by atoms with Crippen LogP contribution in [0, 0.1) is 0 Å². The Bertz CT molecular complexity index is 1160. The summed E-state index contributed by atoms with van der Waals surface area (Å²) in [5.41, 5.74) is -0.763. The van der Waals surface area contributed by atoms with Crippen molar-refractivity contribution in [3.8, 4) is 0 Å². The van der Waals surface area contributed by atoms with Crippen LogP contribution in [-0.4, -0.2) is 64.1 Å². The van der Waals surface area contributed by atoms with Crippen LogP contribution in [0.2, 0.25) is 5.02 Å². The molecule has 9 nitrogen and oxygen atoms in total. The van der Waals surface area contributed by atoms with Gasteiger partial charge in [-0.15, -0.1) is 0 Å². The molecule has 0 spiro atoms. The van der Waals surface area contributed by atoms with Gasteiger partial charge in [-0.1, -0.05) is 23.7 Å².